The average Bonchev–Trinajstić information content (AvgIpc) is 2.39. The Morgan fingerprint density at radius 2 is 1.89 bits per heavy atom. The summed E-state index contributed by atoms with van der Waals surface area (Å²) in [5.41, 5.74) is 4.04. The molecule has 0 saturated heterocycles. The highest BCUT2D eigenvalue weighted by atomic mass is 16.5. The smallest absolute Gasteiger partial charge is 0.122 e. The van der Waals surface area contributed by atoms with Crippen LogP contribution in [0.2, 0.25) is 0 Å². The van der Waals surface area contributed by atoms with Gasteiger partial charge in [-0.3, -0.25) is 0 Å². The summed E-state index contributed by atoms with van der Waals surface area (Å²) in [4.78, 5) is 0. The van der Waals surface area contributed by atoms with E-state index in [1.807, 2.05) is 7.05 Å². The summed E-state index contributed by atoms with van der Waals surface area (Å²) in [6.07, 6.45) is 1.07. The zero-order valence-electron chi connectivity index (χ0n) is 13.0. The van der Waals surface area contributed by atoms with E-state index in [2.05, 4.69) is 43.5 Å². The summed E-state index contributed by atoms with van der Waals surface area (Å²) in [7, 11) is 3.73. The number of ether oxygens (including phenoxy) is 1. The van der Waals surface area contributed by atoms with E-state index in [0.29, 0.717) is 5.92 Å². The molecule has 0 unspecified atom stereocenters. The van der Waals surface area contributed by atoms with Crippen molar-refractivity contribution >= 4 is 0 Å². The maximum absolute atomic E-state index is 5.48. The zero-order chi connectivity index (χ0) is 14.3. The molecule has 0 amide bonds. The van der Waals surface area contributed by atoms with E-state index < -0.39 is 0 Å². The van der Waals surface area contributed by atoms with Gasteiger partial charge in [0.1, 0.15) is 5.75 Å². The predicted octanol–water partition coefficient (Wildman–Crippen LogP) is 2.48. The fraction of sp³-hybridized carbons (Fsp3) is 0.625. The van der Waals surface area contributed by atoms with Crippen LogP contribution in [0.1, 0.15) is 36.5 Å². The van der Waals surface area contributed by atoms with Gasteiger partial charge < -0.3 is 15.4 Å². The highest BCUT2D eigenvalue weighted by molar-refractivity contribution is 5.44. The highest BCUT2D eigenvalue weighted by Crippen LogP contribution is 2.29. The largest absolute Gasteiger partial charge is 0.496 e. The van der Waals surface area contributed by atoms with Crippen molar-refractivity contribution < 1.29 is 4.74 Å². The zero-order valence-corrected chi connectivity index (χ0v) is 13.0. The van der Waals surface area contributed by atoms with Crippen molar-refractivity contribution in [2.24, 2.45) is 0 Å². The van der Waals surface area contributed by atoms with Crippen molar-refractivity contribution in [3.8, 4) is 5.75 Å². The number of likely N-dealkylation sites (N-methyl/N-ethyl adjacent to an activating group) is 1. The lowest BCUT2D eigenvalue weighted by Gasteiger charge is -2.16. The number of aryl methyl sites for hydroxylation is 1. The van der Waals surface area contributed by atoms with Crippen molar-refractivity contribution in [2.45, 2.75) is 33.1 Å². The number of hydrogen-bond donors (Lipinski definition) is 2. The minimum absolute atomic E-state index is 0.492. The molecular weight excluding hydrogens is 236 g/mol. The lowest BCUT2D eigenvalue weighted by atomic mass is 9.95. The second kappa shape index (κ2) is 8.18. The quantitative estimate of drug-likeness (QED) is 0.708. The molecule has 108 valence electrons. The molecule has 0 aliphatic rings. The van der Waals surface area contributed by atoms with Crippen LogP contribution in [0.3, 0.4) is 0 Å². The van der Waals surface area contributed by atoms with Crippen molar-refractivity contribution in [1.82, 2.24) is 10.6 Å². The lowest BCUT2D eigenvalue weighted by molar-refractivity contribution is 0.407. The van der Waals surface area contributed by atoms with E-state index in [4.69, 9.17) is 4.74 Å². The van der Waals surface area contributed by atoms with Gasteiger partial charge in [-0.2, -0.15) is 0 Å². The summed E-state index contributed by atoms with van der Waals surface area (Å²) in [5.74, 6) is 1.51. The summed E-state index contributed by atoms with van der Waals surface area (Å²) in [6.45, 7) is 9.63. The van der Waals surface area contributed by atoms with Crippen LogP contribution in [-0.4, -0.2) is 33.8 Å². The minimum Gasteiger partial charge on any atom is -0.496 e. The second-order valence-electron chi connectivity index (χ2n) is 5.28. The first-order valence-electron chi connectivity index (χ1n) is 7.12. The first-order valence-corrected chi connectivity index (χ1v) is 7.12. The Morgan fingerprint density at radius 1 is 1.16 bits per heavy atom. The standard InChI is InChI=1S/C16H28N2O/c1-12(2)15-11-14(6-7-18-9-8-17-4)13(3)10-16(15)19-5/h10-12,17-18H,6-9H2,1-5H3. The van der Waals surface area contributed by atoms with Gasteiger partial charge in [-0.05, 0) is 55.6 Å². The average molecular weight is 264 g/mol. The molecule has 0 aliphatic heterocycles. The first kappa shape index (κ1) is 16.0. The minimum atomic E-state index is 0.492. The lowest BCUT2D eigenvalue weighted by Crippen LogP contribution is -2.26. The van der Waals surface area contributed by atoms with Gasteiger partial charge in [-0.1, -0.05) is 19.9 Å². The maximum atomic E-state index is 5.48. The molecule has 1 aromatic rings. The number of methoxy groups -OCH3 is 1. The molecule has 0 radical (unpaired) electrons. The van der Waals surface area contributed by atoms with Crippen molar-refractivity contribution in [3.63, 3.8) is 0 Å². The topological polar surface area (TPSA) is 33.3 Å². The highest BCUT2D eigenvalue weighted by Gasteiger charge is 2.10. The normalized spacial score (nSPS) is 11.1. The van der Waals surface area contributed by atoms with Crippen molar-refractivity contribution in [2.75, 3.05) is 33.8 Å². The van der Waals surface area contributed by atoms with Crippen LogP contribution in [-0.2, 0) is 6.42 Å². The van der Waals surface area contributed by atoms with Crippen LogP contribution in [0.4, 0.5) is 0 Å². The fourth-order valence-corrected chi connectivity index (χ4v) is 2.20. The van der Waals surface area contributed by atoms with E-state index in [0.717, 1.165) is 31.8 Å². The van der Waals surface area contributed by atoms with Gasteiger partial charge in [0.25, 0.3) is 0 Å². The van der Waals surface area contributed by atoms with Gasteiger partial charge in [0, 0.05) is 13.1 Å². The molecule has 0 aliphatic carbocycles. The molecule has 3 nitrogen and oxygen atoms in total. The molecule has 0 spiro atoms. The van der Waals surface area contributed by atoms with E-state index in [1.165, 1.54) is 16.7 Å². The Kier molecular flexibility index (Phi) is 6.89. The number of benzene rings is 1. The van der Waals surface area contributed by atoms with E-state index >= 15 is 0 Å². The van der Waals surface area contributed by atoms with E-state index in [-0.39, 0.29) is 0 Å². The molecule has 2 N–H and O–H groups in total. The maximum Gasteiger partial charge on any atom is 0.122 e. The van der Waals surface area contributed by atoms with Gasteiger partial charge in [-0.25, -0.2) is 0 Å². The molecule has 19 heavy (non-hydrogen) atoms. The Hall–Kier alpha value is -1.06. The van der Waals surface area contributed by atoms with Crippen LogP contribution in [0, 0.1) is 6.92 Å². The third-order valence-electron chi connectivity index (χ3n) is 3.43. The van der Waals surface area contributed by atoms with Crippen molar-refractivity contribution in [1.29, 1.82) is 0 Å². The number of hydrogen-bond acceptors (Lipinski definition) is 3. The van der Waals surface area contributed by atoms with E-state index in [1.54, 1.807) is 7.11 Å². The molecule has 0 bridgehead atoms. The number of nitrogens with one attached hydrogen (secondary N) is 2. The SMILES string of the molecule is CNCCNCCc1cc(C(C)C)c(OC)cc1C. The van der Waals surface area contributed by atoms with Gasteiger partial charge >= 0.3 is 0 Å². The third-order valence-corrected chi connectivity index (χ3v) is 3.43. The summed E-state index contributed by atoms with van der Waals surface area (Å²) in [6, 6.07) is 4.47. The molecule has 0 heterocycles. The van der Waals surface area contributed by atoms with E-state index in [9.17, 15) is 0 Å². The Bertz CT molecular complexity index is 389. The summed E-state index contributed by atoms with van der Waals surface area (Å²) >= 11 is 0. The van der Waals surface area contributed by atoms with Crippen LogP contribution in [0.15, 0.2) is 12.1 Å². The van der Waals surface area contributed by atoms with Crippen LogP contribution in [0.5, 0.6) is 5.75 Å². The molecule has 3 heteroatoms. The second-order valence-corrected chi connectivity index (χ2v) is 5.28. The first-order chi connectivity index (χ1) is 9.10. The Labute approximate surface area is 117 Å². The Balaban J connectivity index is 2.70. The molecule has 1 aromatic carbocycles. The van der Waals surface area contributed by atoms with Gasteiger partial charge in [0.05, 0.1) is 7.11 Å². The van der Waals surface area contributed by atoms with Crippen LogP contribution in [0.25, 0.3) is 0 Å². The molecule has 0 aromatic heterocycles. The summed E-state index contributed by atoms with van der Waals surface area (Å²) in [5, 5.41) is 6.58. The molecular formula is C16H28N2O. The molecule has 0 saturated carbocycles. The van der Waals surface area contributed by atoms with Gasteiger partial charge in [0.2, 0.25) is 0 Å². The molecule has 1 rings (SSSR count). The van der Waals surface area contributed by atoms with Crippen LogP contribution >= 0.6 is 0 Å². The van der Waals surface area contributed by atoms with Crippen LogP contribution < -0.4 is 15.4 Å². The third kappa shape index (κ3) is 4.84. The van der Waals surface area contributed by atoms with Gasteiger partial charge in [0.15, 0.2) is 0 Å². The molecule has 0 atom stereocenters. The molecule has 0 fully saturated rings. The number of rotatable bonds is 8. The van der Waals surface area contributed by atoms with Crippen molar-refractivity contribution in [3.05, 3.63) is 28.8 Å². The van der Waals surface area contributed by atoms with Gasteiger partial charge in [-0.15, -0.1) is 0 Å². The fourth-order valence-electron chi connectivity index (χ4n) is 2.20. The predicted molar refractivity (Wildman–Crippen MR) is 82.3 cm³/mol. The Morgan fingerprint density at radius 3 is 2.47 bits per heavy atom. The summed E-state index contributed by atoms with van der Waals surface area (Å²) < 4.78 is 5.48. The monoisotopic (exact) mass is 264 g/mol.